The zero-order chi connectivity index (χ0) is 23.3. The second-order valence-corrected chi connectivity index (χ2v) is 8.21. The molecule has 3 rings (SSSR count). The standard InChI is InChI=1S/C21H19BrClN3O6/c1-31-17-7-6-15(23)9-16(17)24-18(27)11-32-21(30)13-8-19(28)26(10-13)25-20(29)12-2-4-14(22)5-3-12/h2-7,9,13H,8,10-11H2,1H3,(H,24,27)(H,25,29)/t13-/m1/s1. The summed E-state index contributed by atoms with van der Waals surface area (Å²) < 4.78 is 11.0. The maximum Gasteiger partial charge on any atom is 0.311 e. The van der Waals surface area contributed by atoms with Gasteiger partial charge in [0.25, 0.3) is 11.8 Å². The van der Waals surface area contributed by atoms with E-state index < -0.39 is 36.2 Å². The predicted molar refractivity (Wildman–Crippen MR) is 119 cm³/mol. The summed E-state index contributed by atoms with van der Waals surface area (Å²) >= 11 is 9.20. The summed E-state index contributed by atoms with van der Waals surface area (Å²) in [4.78, 5) is 48.9. The minimum atomic E-state index is -0.804. The van der Waals surface area contributed by atoms with Crippen LogP contribution in [0.15, 0.2) is 46.9 Å². The lowest BCUT2D eigenvalue weighted by molar-refractivity contribution is -0.151. The van der Waals surface area contributed by atoms with Crippen LogP contribution in [0.5, 0.6) is 5.75 Å². The molecule has 0 saturated carbocycles. The first-order valence-corrected chi connectivity index (χ1v) is 10.6. The molecule has 1 aliphatic rings. The van der Waals surface area contributed by atoms with Crippen molar-refractivity contribution in [3.63, 3.8) is 0 Å². The van der Waals surface area contributed by atoms with Gasteiger partial charge in [-0.3, -0.25) is 29.6 Å². The van der Waals surface area contributed by atoms with Crippen LogP contribution in [0.25, 0.3) is 0 Å². The third-order valence-electron chi connectivity index (χ3n) is 4.58. The van der Waals surface area contributed by atoms with E-state index in [-0.39, 0.29) is 13.0 Å². The van der Waals surface area contributed by atoms with E-state index >= 15 is 0 Å². The summed E-state index contributed by atoms with van der Waals surface area (Å²) in [5, 5.41) is 4.02. The number of hydrazine groups is 1. The number of rotatable bonds is 7. The molecular weight excluding hydrogens is 506 g/mol. The number of amides is 3. The molecule has 2 N–H and O–H groups in total. The molecule has 0 radical (unpaired) electrons. The Kier molecular flexibility index (Phi) is 7.70. The number of carbonyl (C=O) groups excluding carboxylic acids is 4. The van der Waals surface area contributed by atoms with Crippen molar-refractivity contribution in [1.29, 1.82) is 0 Å². The van der Waals surface area contributed by atoms with Crippen molar-refractivity contribution >= 4 is 56.9 Å². The smallest absolute Gasteiger partial charge is 0.311 e. The van der Waals surface area contributed by atoms with Gasteiger partial charge >= 0.3 is 5.97 Å². The summed E-state index contributed by atoms with van der Waals surface area (Å²) in [7, 11) is 1.44. The zero-order valence-corrected chi connectivity index (χ0v) is 19.2. The van der Waals surface area contributed by atoms with Crippen LogP contribution in [0.3, 0.4) is 0 Å². The number of anilines is 1. The average Bonchev–Trinajstić information content (AvgIpc) is 3.13. The first-order chi connectivity index (χ1) is 15.3. The molecule has 0 bridgehead atoms. The number of nitrogens with zero attached hydrogens (tertiary/aromatic N) is 1. The molecule has 1 saturated heterocycles. The van der Waals surface area contributed by atoms with Crippen molar-refractivity contribution in [2.75, 3.05) is 25.6 Å². The molecule has 0 spiro atoms. The lowest BCUT2D eigenvalue weighted by atomic mass is 10.1. The SMILES string of the molecule is COc1ccc(Cl)cc1NC(=O)COC(=O)[C@@H]1CC(=O)N(NC(=O)c2ccc(Br)cc2)C1. The van der Waals surface area contributed by atoms with Crippen molar-refractivity contribution in [1.82, 2.24) is 10.4 Å². The molecule has 11 heteroatoms. The lowest BCUT2D eigenvalue weighted by Gasteiger charge is -2.17. The van der Waals surface area contributed by atoms with E-state index in [0.717, 1.165) is 9.48 Å². The van der Waals surface area contributed by atoms with Crippen LogP contribution < -0.4 is 15.5 Å². The molecule has 3 amide bonds. The Morgan fingerprint density at radius 3 is 2.59 bits per heavy atom. The second-order valence-electron chi connectivity index (χ2n) is 6.85. The van der Waals surface area contributed by atoms with Gasteiger partial charge in [0, 0.05) is 21.5 Å². The Labute approximate surface area is 197 Å². The normalized spacial score (nSPS) is 15.3. The molecule has 168 valence electrons. The number of hydrogen-bond acceptors (Lipinski definition) is 6. The van der Waals surface area contributed by atoms with Crippen LogP contribution in [0.2, 0.25) is 5.02 Å². The molecule has 1 atom stereocenters. The van der Waals surface area contributed by atoms with E-state index in [1.54, 1.807) is 36.4 Å². The molecule has 0 unspecified atom stereocenters. The van der Waals surface area contributed by atoms with Crippen molar-refractivity contribution in [2.45, 2.75) is 6.42 Å². The van der Waals surface area contributed by atoms with Crippen LogP contribution in [-0.2, 0) is 19.1 Å². The maximum atomic E-state index is 12.3. The molecule has 1 aliphatic heterocycles. The van der Waals surface area contributed by atoms with Gasteiger partial charge in [0.05, 0.1) is 25.3 Å². The quantitative estimate of drug-likeness (QED) is 0.539. The fourth-order valence-electron chi connectivity index (χ4n) is 2.98. The average molecular weight is 525 g/mol. The van der Waals surface area contributed by atoms with Gasteiger partial charge < -0.3 is 14.8 Å². The monoisotopic (exact) mass is 523 g/mol. The molecular formula is C21H19BrClN3O6. The first-order valence-electron chi connectivity index (χ1n) is 9.43. The molecule has 1 fully saturated rings. The van der Waals surface area contributed by atoms with Gasteiger partial charge in [0.2, 0.25) is 5.91 Å². The minimum absolute atomic E-state index is 0.0519. The van der Waals surface area contributed by atoms with Gasteiger partial charge in [0.1, 0.15) is 5.75 Å². The Hall–Kier alpha value is -3.11. The van der Waals surface area contributed by atoms with Gasteiger partial charge in [-0.25, -0.2) is 0 Å². The first kappa shape index (κ1) is 23.6. The Morgan fingerprint density at radius 2 is 1.91 bits per heavy atom. The van der Waals surface area contributed by atoms with Crippen LogP contribution in [0.1, 0.15) is 16.8 Å². The molecule has 1 heterocycles. The number of benzene rings is 2. The summed E-state index contributed by atoms with van der Waals surface area (Å²) in [6.07, 6.45) is -0.136. The number of methoxy groups -OCH3 is 1. The van der Waals surface area contributed by atoms with Crippen LogP contribution >= 0.6 is 27.5 Å². The van der Waals surface area contributed by atoms with E-state index in [1.165, 1.54) is 13.2 Å². The summed E-state index contributed by atoms with van der Waals surface area (Å²) in [6.45, 7) is -0.603. The maximum absolute atomic E-state index is 12.3. The summed E-state index contributed by atoms with van der Waals surface area (Å²) in [5.41, 5.74) is 3.17. The number of carbonyl (C=O) groups is 4. The van der Waals surface area contributed by atoms with Crippen molar-refractivity contribution in [3.8, 4) is 5.75 Å². The van der Waals surface area contributed by atoms with Gasteiger partial charge in [-0.05, 0) is 42.5 Å². The van der Waals surface area contributed by atoms with E-state index in [4.69, 9.17) is 21.1 Å². The number of nitrogens with one attached hydrogen (secondary N) is 2. The predicted octanol–water partition coefficient (Wildman–Crippen LogP) is 2.79. The zero-order valence-electron chi connectivity index (χ0n) is 16.9. The van der Waals surface area contributed by atoms with Gasteiger partial charge in [-0.2, -0.15) is 0 Å². The second kappa shape index (κ2) is 10.5. The number of esters is 1. The van der Waals surface area contributed by atoms with Gasteiger partial charge in [-0.1, -0.05) is 27.5 Å². The molecule has 2 aromatic carbocycles. The fourth-order valence-corrected chi connectivity index (χ4v) is 3.42. The Morgan fingerprint density at radius 1 is 1.19 bits per heavy atom. The topological polar surface area (TPSA) is 114 Å². The highest BCUT2D eigenvalue weighted by atomic mass is 79.9. The molecule has 0 aromatic heterocycles. The lowest BCUT2D eigenvalue weighted by Crippen LogP contribution is -2.43. The number of hydrogen-bond donors (Lipinski definition) is 2. The minimum Gasteiger partial charge on any atom is -0.495 e. The third kappa shape index (κ3) is 5.98. The van der Waals surface area contributed by atoms with E-state index in [9.17, 15) is 19.2 Å². The highest BCUT2D eigenvalue weighted by Crippen LogP contribution is 2.27. The van der Waals surface area contributed by atoms with Crippen LogP contribution in [-0.4, -0.2) is 49.0 Å². The van der Waals surface area contributed by atoms with Gasteiger partial charge in [0.15, 0.2) is 6.61 Å². The molecule has 2 aromatic rings. The summed E-state index contributed by atoms with van der Waals surface area (Å²) in [6, 6.07) is 11.3. The number of ether oxygens (including phenoxy) is 2. The summed E-state index contributed by atoms with van der Waals surface area (Å²) in [5.74, 6) is -2.62. The van der Waals surface area contributed by atoms with Crippen molar-refractivity contribution in [3.05, 3.63) is 57.5 Å². The molecule has 0 aliphatic carbocycles. The highest BCUT2D eigenvalue weighted by molar-refractivity contribution is 9.10. The van der Waals surface area contributed by atoms with Gasteiger partial charge in [-0.15, -0.1) is 0 Å². The Balaban J connectivity index is 1.50. The number of halogens is 2. The van der Waals surface area contributed by atoms with E-state index in [0.29, 0.717) is 22.0 Å². The molecule has 32 heavy (non-hydrogen) atoms. The third-order valence-corrected chi connectivity index (χ3v) is 5.35. The van der Waals surface area contributed by atoms with Crippen LogP contribution in [0.4, 0.5) is 5.69 Å². The van der Waals surface area contributed by atoms with Crippen molar-refractivity contribution in [2.24, 2.45) is 5.92 Å². The van der Waals surface area contributed by atoms with E-state index in [2.05, 4.69) is 26.7 Å². The Bertz CT molecular complexity index is 1050. The fraction of sp³-hybridized carbons (Fsp3) is 0.238. The molecule has 9 nitrogen and oxygen atoms in total. The van der Waals surface area contributed by atoms with Crippen molar-refractivity contribution < 1.29 is 28.7 Å². The largest absolute Gasteiger partial charge is 0.495 e. The highest BCUT2D eigenvalue weighted by Gasteiger charge is 2.36. The van der Waals surface area contributed by atoms with Crippen LogP contribution in [0, 0.1) is 5.92 Å². The van der Waals surface area contributed by atoms with E-state index in [1.807, 2.05) is 0 Å².